The van der Waals surface area contributed by atoms with Gasteiger partial charge in [0, 0.05) is 0 Å². The van der Waals surface area contributed by atoms with Crippen LogP contribution in [0.3, 0.4) is 0 Å². The van der Waals surface area contributed by atoms with E-state index in [0.29, 0.717) is 0 Å². The van der Waals surface area contributed by atoms with Crippen molar-refractivity contribution in [2.45, 2.75) is 25.3 Å². The third-order valence-corrected chi connectivity index (χ3v) is 4.38. The normalized spacial score (nSPS) is 16.7. The molecule has 1 N–H and O–H groups in total. The molecule has 1 saturated heterocycles. The van der Waals surface area contributed by atoms with Crippen LogP contribution in [0.4, 0.5) is 4.39 Å². The number of rotatable bonds is 5. The number of nitrogens with one attached hydrogen (secondary N) is 1. The van der Waals surface area contributed by atoms with Crippen molar-refractivity contribution in [3.8, 4) is 0 Å². The smallest absolute Gasteiger partial charge is 0.262 e. The molecule has 4 nitrogen and oxygen atoms in total. The molecule has 0 radical (unpaired) electrons. The minimum absolute atomic E-state index is 0.147. The fourth-order valence-corrected chi connectivity index (χ4v) is 3.12. The molecular formula is C20H22FN3O. The number of amides is 1. The van der Waals surface area contributed by atoms with Crippen LogP contribution in [-0.4, -0.2) is 30.1 Å². The van der Waals surface area contributed by atoms with Crippen molar-refractivity contribution in [3.05, 3.63) is 71.5 Å². The number of carbonyl (C=O) groups excluding carboxylic acids is 1. The summed E-state index contributed by atoms with van der Waals surface area (Å²) < 4.78 is 12.9. The summed E-state index contributed by atoms with van der Waals surface area (Å²) >= 11 is 0. The van der Waals surface area contributed by atoms with E-state index < -0.39 is 0 Å². The number of halogens is 1. The number of likely N-dealkylation sites (tertiary alicyclic amines) is 1. The van der Waals surface area contributed by atoms with Gasteiger partial charge in [0.1, 0.15) is 11.9 Å². The summed E-state index contributed by atoms with van der Waals surface area (Å²) in [7, 11) is 0. The fraction of sp³-hybridized carbons (Fsp3) is 0.300. The molecule has 25 heavy (non-hydrogen) atoms. The van der Waals surface area contributed by atoms with Crippen molar-refractivity contribution in [2.75, 3.05) is 13.1 Å². The van der Waals surface area contributed by atoms with Crippen molar-refractivity contribution < 1.29 is 9.18 Å². The monoisotopic (exact) mass is 339 g/mol. The maximum atomic E-state index is 12.9. The van der Waals surface area contributed by atoms with Crippen molar-refractivity contribution >= 4 is 12.1 Å². The van der Waals surface area contributed by atoms with Crippen molar-refractivity contribution in [3.63, 3.8) is 0 Å². The maximum absolute atomic E-state index is 12.9. The topological polar surface area (TPSA) is 44.7 Å². The Kier molecular flexibility index (Phi) is 5.90. The Hall–Kier alpha value is -2.53. The molecular weight excluding hydrogens is 317 g/mol. The molecule has 0 spiro atoms. The molecule has 1 aliphatic heterocycles. The highest BCUT2D eigenvalue weighted by Gasteiger charge is 2.28. The van der Waals surface area contributed by atoms with E-state index in [1.807, 2.05) is 30.3 Å². The summed E-state index contributed by atoms with van der Waals surface area (Å²) in [5, 5.41) is 4.04. The predicted molar refractivity (Wildman–Crippen MR) is 96.7 cm³/mol. The molecule has 1 fully saturated rings. The van der Waals surface area contributed by atoms with Gasteiger partial charge >= 0.3 is 0 Å². The average Bonchev–Trinajstić information content (AvgIpc) is 2.65. The van der Waals surface area contributed by atoms with Gasteiger partial charge in [-0.25, -0.2) is 9.82 Å². The van der Waals surface area contributed by atoms with Crippen molar-refractivity contribution in [1.82, 2.24) is 10.3 Å². The molecule has 1 unspecified atom stereocenters. The summed E-state index contributed by atoms with van der Waals surface area (Å²) in [6.07, 6.45) is 4.95. The van der Waals surface area contributed by atoms with Gasteiger partial charge in [0.2, 0.25) is 0 Å². The molecule has 1 atom stereocenters. The molecule has 5 heteroatoms. The lowest BCUT2D eigenvalue weighted by Crippen LogP contribution is -2.41. The Morgan fingerprint density at radius 1 is 1.04 bits per heavy atom. The lowest BCUT2D eigenvalue weighted by molar-refractivity contribution is -0.127. The molecule has 0 aliphatic carbocycles. The number of nitrogens with zero attached hydrogens (tertiary/aromatic N) is 2. The second-order valence-corrected chi connectivity index (χ2v) is 6.20. The minimum atomic E-state index is -0.341. The summed E-state index contributed by atoms with van der Waals surface area (Å²) in [6.45, 7) is 1.82. The van der Waals surface area contributed by atoms with Gasteiger partial charge in [-0.2, -0.15) is 5.10 Å². The van der Waals surface area contributed by atoms with Gasteiger partial charge in [-0.05, 0) is 49.2 Å². The van der Waals surface area contributed by atoms with Crippen LogP contribution in [0, 0.1) is 5.82 Å². The second-order valence-electron chi connectivity index (χ2n) is 6.20. The Morgan fingerprint density at radius 3 is 2.40 bits per heavy atom. The van der Waals surface area contributed by atoms with E-state index in [4.69, 9.17) is 0 Å². The van der Waals surface area contributed by atoms with Crippen molar-refractivity contribution in [1.29, 1.82) is 0 Å². The van der Waals surface area contributed by atoms with Gasteiger partial charge in [0.15, 0.2) is 0 Å². The van der Waals surface area contributed by atoms with Crippen LogP contribution in [0.25, 0.3) is 0 Å². The highest BCUT2D eigenvalue weighted by atomic mass is 19.1. The van der Waals surface area contributed by atoms with Crippen LogP contribution < -0.4 is 5.43 Å². The highest BCUT2D eigenvalue weighted by molar-refractivity contribution is 5.85. The molecule has 1 heterocycles. The van der Waals surface area contributed by atoms with Gasteiger partial charge < -0.3 is 0 Å². The SMILES string of the molecule is O=C(NN=Cc1ccc(F)cc1)C(c1ccccc1)N1CCCCC1. The fourth-order valence-electron chi connectivity index (χ4n) is 3.12. The summed E-state index contributed by atoms with van der Waals surface area (Å²) in [5.41, 5.74) is 4.34. The molecule has 0 bridgehead atoms. The first kappa shape index (κ1) is 17.3. The molecule has 3 rings (SSSR count). The first-order chi connectivity index (χ1) is 12.2. The average molecular weight is 339 g/mol. The Labute approximate surface area is 147 Å². The quantitative estimate of drug-likeness (QED) is 0.669. The standard InChI is InChI=1S/C20H22FN3O/c21-18-11-9-16(10-12-18)15-22-23-20(25)19(17-7-3-1-4-8-17)24-13-5-2-6-14-24/h1,3-4,7-12,15,19H,2,5-6,13-14H2,(H,23,25). The van der Waals surface area contributed by atoms with E-state index >= 15 is 0 Å². The van der Waals surface area contributed by atoms with E-state index in [-0.39, 0.29) is 17.8 Å². The molecule has 130 valence electrons. The number of carbonyl (C=O) groups is 1. The largest absolute Gasteiger partial charge is 0.288 e. The molecule has 2 aromatic carbocycles. The Bertz CT molecular complexity index is 709. The van der Waals surface area contributed by atoms with Gasteiger partial charge in [-0.3, -0.25) is 9.69 Å². The zero-order valence-corrected chi connectivity index (χ0v) is 14.1. The van der Waals surface area contributed by atoms with E-state index in [1.165, 1.54) is 24.8 Å². The maximum Gasteiger partial charge on any atom is 0.262 e. The highest BCUT2D eigenvalue weighted by Crippen LogP contribution is 2.24. The first-order valence-corrected chi connectivity index (χ1v) is 8.61. The Balaban J connectivity index is 1.71. The second kappa shape index (κ2) is 8.53. The lowest BCUT2D eigenvalue weighted by Gasteiger charge is -2.33. The number of benzene rings is 2. The van der Waals surface area contributed by atoms with Gasteiger partial charge in [0.05, 0.1) is 6.21 Å². The van der Waals surface area contributed by atoms with Gasteiger partial charge in [-0.15, -0.1) is 0 Å². The van der Waals surface area contributed by atoms with Crippen LogP contribution in [-0.2, 0) is 4.79 Å². The minimum Gasteiger partial charge on any atom is -0.288 e. The molecule has 2 aromatic rings. The number of piperidine rings is 1. The third-order valence-electron chi connectivity index (χ3n) is 4.38. The molecule has 1 amide bonds. The third kappa shape index (κ3) is 4.73. The van der Waals surface area contributed by atoms with Gasteiger partial charge in [0.25, 0.3) is 5.91 Å². The molecule has 0 saturated carbocycles. The van der Waals surface area contributed by atoms with Crippen molar-refractivity contribution in [2.24, 2.45) is 5.10 Å². The molecule has 0 aromatic heterocycles. The number of hydrazone groups is 1. The van der Waals surface area contributed by atoms with E-state index in [1.54, 1.807) is 12.1 Å². The van der Waals surface area contributed by atoms with E-state index in [9.17, 15) is 9.18 Å². The summed E-state index contributed by atoms with van der Waals surface area (Å²) in [4.78, 5) is 15.0. The van der Waals surface area contributed by atoms with Crippen LogP contribution in [0.2, 0.25) is 0 Å². The number of hydrogen-bond donors (Lipinski definition) is 1. The zero-order valence-electron chi connectivity index (χ0n) is 14.1. The van der Waals surface area contributed by atoms with E-state index in [2.05, 4.69) is 15.4 Å². The zero-order chi connectivity index (χ0) is 17.5. The van der Waals surface area contributed by atoms with E-state index in [0.717, 1.165) is 37.1 Å². The van der Waals surface area contributed by atoms with Crippen LogP contribution in [0.5, 0.6) is 0 Å². The summed E-state index contributed by atoms with van der Waals surface area (Å²) in [5.74, 6) is -0.443. The van der Waals surface area contributed by atoms with Crippen LogP contribution in [0.15, 0.2) is 59.7 Å². The lowest BCUT2D eigenvalue weighted by atomic mass is 10.0. The summed E-state index contributed by atoms with van der Waals surface area (Å²) in [6, 6.07) is 15.4. The van der Waals surface area contributed by atoms with Crippen LogP contribution in [0.1, 0.15) is 36.4 Å². The predicted octanol–water partition coefficient (Wildman–Crippen LogP) is 3.50. The number of hydrogen-bond acceptors (Lipinski definition) is 3. The molecule has 1 aliphatic rings. The Morgan fingerprint density at radius 2 is 1.72 bits per heavy atom. The van der Waals surface area contributed by atoms with Gasteiger partial charge in [-0.1, -0.05) is 48.9 Å². The first-order valence-electron chi connectivity index (χ1n) is 8.61. The van der Waals surface area contributed by atoms with Crippen LogP contribution >= 0.6 is 0 Å².